The van der Waals surface area contributed by atoms with E-state index in [1.807, 2.05) is 39.1 Å². The summed E-state index contributed by atoms with van der Waals surface area (Å²) in [6, 6.07) is 14.0. The molecule has 0 N–H and O–H groups in total. The van der Waals surface area contributed by atoms with Crippen LogP contribution in [-0.2, 0) is 11.8 Å². The summed E-state index contributed by atoms with van der Waals surface area (Å²) < 4.78 is 52.7. The van der Waals surface area contributed by atoms with Crippen LogP contribution in [0.25, 0.3) is 0 Å². The van der Waals surface area contributed by atoms with Crippen LogP contribution in [0.2, 0.25) is 0 Å². The molecule has 5 nitrogen and oxygen atoms in total. The number of likely N-dealkylation sites (N-methyl/N-ethyl adjacent to an activating group) is 1. The van der Waals surface area contributed by atoms with Gasteiger partial charge in [-0.05, 0) is 74.2 Å². The molecule has 0 aliphatic rings. The normalized spacial score (nSPS) is 13.4. The number of nitriles is 1. The molecule has 1 unspecified atom stereocenters. The molecule has 0 aromatic heterocycles. The van der Waals surface area contributed by atoms with E-state index in [1.165, 1.54) is 18.2 Å². The molecule has 0 saturated carbocycles. The summed E-state index contributed by atoms with van der Waals surface area (Å²) in [5.74, 6) is 1.08. The number of benzene rings is 2. The highest BCUT2D eigenvalue weighted by molar-refractivity contribution is 5.39. The predicted octanol–water partition coefficient (Wildman–Crippen LogP) is 5.97. The van der Waals surface area contributed by atoms with E-state index in [0.717, 1.165) is 36.6 Å². The minimum Gasteiger partial charge on any atom is -0.497 e. The molecular formula is C26H33F3N2O3. The standard InChI is InChI=1S/C26H33F3N2O3/c1-19(2)25(18-30,21-8-6-9-22(16-21)34-26(27,28)29)11-7-12-31(3)13-10-20-14-23(32-4)17-24(15-20)33-5/h6,8-9,14-17,19H,7,10-13H2,1-5H3. The van der Waals surface area contributed by atoms with Gasteiger partial charge in [-0.1, -0.05) is 26.0 Å². The second-order valence-electron chi connectivity index (χ2n) is 8.69. The molecule has 0 aliphatic heterocycles. The number of halogens is 3. The molecule has 34 heavy (non-hydrogen) atoms. The Hall–Kier alpha value is -2.92. The summed E-state index contributed by atoms with van der Waals surface area (Å²) in [6.07, 6.45) is -2.74. The van der Waals surface area contributed by atoms with Gasteiger partial charge < -0.3 is 19.1 Å². The van der Waals surface area contributed by atoms with Gasteiger partial charge in [-0.2, -0.15) is 5.26 Å². The quantitative estimate of drug-likeness (QED) is 0.376. The van der Waals surface area contributed by atoms with Crippen molar-refractivity contribution in [2.45, 2.75) is 44.9 Å². The first-order valence-electron chi connectivity index (χ1n) is 11.2. The number of nitrogens with zero attached hydrogens (tertiary/aromatic N) is 2. The van der Waals surface area contributed by atoms with Gasteiger partial charge in [0.15, 0.2) is 0 Å². The van der Waals surface area contributed by atoms with Crippen molar-refractivity contribution in [2.75, 3.05) is 34.4 Å². The highest BCUT2D eigenvalue weighted by Gasteiger charge is 2.37. The van der Waals surface area contributed by atoms with Gasteiger partial charge >= 0.3 is 6.36 Å². The molecule has 0 heterocycles. The summed E-state index contributed by atoms with van der Waals surface area (Å²) in [4.78, 5) is 2.18. The molecule has 0 saturated heterocycles. The minimum absolute atomic E-state index is 0.0896. The largest absolute Gasteiger partial charge is 0.573 e. The van der Waals surface area contributed by atoms with Crippen LogP contribution in [0.4, 0.5) is 13.2 Å². The Bertz CT molecular complexity index is 950. The third-order valence-corrected chi connectivity index (χ3v) is 6.07. The lowest BCUT2D eigenvalue weighted by molar-refractivity contribution is -0.274. The molecule has 8 heteroatoms. The van der Waals surface area contributed by atoms with Crippen molar-refractivity contribution in [1.29, 1.82) is 5.26 Å². The SMILES string of the molecule is COc1cc(CCN(C)CCCC(C#N)(c2cccc(OC(F)(F)F)c2)C(C)C)cc(OC)c1. The second kappa shape index (κ2) is 12.0. The summed E-state index contributed by atoms with van der Waals surface area (Å²) in [5, 5.41) is 10.1. The molecule has 0 radical (unpaired) electrons. The molecule has 2 aromatic carbocycles. The van der Waals surface area contributed by atoms with E-state index >= 15 is 0 Å². The summed E-state index contributed by atoms with van der Waals surface area (Å²) >= 11 is 0. The zero-order valence-corrected chi connectivity index (χ0v) is 20.4. The molecule has 0 spiro atoms. The average Bonchev–Trinajstić information content (AvgIpc) is 2.79. The number of methoxy groups -OCH3 is 2. The van der Waals surface area contributed by atoms with Crippen molar-refractivity contribution in [1.82, 2.24) is 4.90 Å². The number of rotatable bonds is 12. The summed E-state index contributed by atoms with van der Waals surface area (Å²) in [7, 11) is 5.25. The Labute approximate surface area is 200 Å². The Morgan fingerprint density at radius 3 is 2.15 bits per heavy atom. The van der Waals surface area contributed by atoms with Gasteiger partial charge in [0.2, 0.25) is 0 Å². The van der Waals surface area contributed by atoms with E-state index < -0.39 is 11.8 Å². The fourth-order valence-corrected chi connectivity index (χ4v) is 4.06. The van der Waals surface area contributed by atoms with E-state index in [0.29, 0.717) is 18.4 Å². The van der Waals surface area contributed by atoms with Crippen molar-refractivity contribution in [3.05, 3.63) is 53.6 Å². The van der Waals surface area contributed by atoms with Gasteiger partial charge in [0.1, 0.15) is 17.2 Å². The van der Waals surface area contributed by atoms with E-state index in [1.54, 1.807) is 20.3 Å². The number of alkyl halides is 3. The summed E-state index contributed by atoms with van der Waals surface area (Å²) in [5.41, 5.74) is 0.724. The molecule has 2 rings (SSSR count). The molecular weight excluding hydrogens is 445 g/mol. The van der Waals surface area contributed by atoms with Gasteiger partial charge in [-0.15, -0.1) is 13.2 Å². The first kappa shape index (κ1) is 27.3. The summed E-state index contributed by atoms with van der Waals surface area (Å²) in [6.45, 7) is 5.38. The van der Waals surface area contributed by atoms with E-state index in [9.17, 15) is 18.4 Å². The van der Waals surface area contributed by atoms with Crippen LogP contribution in [-0.4, -0.2) is 45.6 Å². The molecule has 0 fully saturated rings. The Balaban J connectivity index is 2.03. The van der Waals surface area contributed by atoms with Gasteiger partial charge in [0, 0.05) is 12.6 Å². The Morgan fingerprint density at radius 2 is 1.62 bits per heavy atom. The second-order valence-corrected chi connectivity index (χ2v) is 8.69. The molecule has 1 atom stereocenters. The zero-order valence-electron chi connectivity index (χ0n) is 20.4. The van der Waals surface area contributed by atoms with Crippen molar-refractivity contribution >= 4 is 0 Å². The van der Waals surface area contributed by atoms with Crippen molar-refractivity contribution in [2.24, 2.45) is 5.92 Å². The Morgan fingerprint density at radius 1 is 0.971 bits per heavy atom. The topological polar surface area (TPSA) is 54.7 Å². The molecule has 186 valence electrons. The van der Waals surface area contributed by atoms with Crippen LogP contribution in [0.5, 0.6) is 17.2 Å². The number of hydrogen-bond donors (Lipinski definition) is 0. The first-order valence-corrected chi connectivity index (χ1v) is 11.2. The highest BCUT2D eigenvalue weighted by Crippen LogP contribution is 2.38. The fourth-order valence-electron chi connectivity index (χ4n) is 4.06. The van der Waals surface area contributed by atoms with Crippen LogP contribution >= 0.6 is 0 Å². The smallest absolute Gasteiger partial charge is 0.497 e. The van der Waals surface area contributed by atoms with Crippen LogP contribution < -0.4 is 14.2 Å². The lowest BCUT2D eigenvalue weighted by atomic mass is 9.70. The monoisotopic (exact) mass is 478 g/mol. The molecule has 0 aliphatic carbocycles. The third kappa shape index (κ3) is 7.56. The van der Waals surface area contributed by atoms with E-state index in [2.05, 4.69) is 15.7 Å². The number of ether oxygens (including phenoxy) is 3. The maximum absolute atomic E-state index is 12.7. The minimum atomic E-state index is -4.78. The van der Waals surface area contributed by atoms with Crippen molar-refractivity contribution < 1.29 is 27.4 Å². The van der Waals surface area contributed by atoms with E-state index in [-0.39, 0.29) is 11.7 Å². The van der Waals surface area contributed by atoms with Crippen LogP contribution in [0.15, 0.2) is 42.5 Å². The van der Waals surface area contributed by atoms with Crippen molar-refractivity contribution in [3.8, 4) is 23.3 Å². The molecule has 0 bridgehead atoms. The van der Waals surface area contributed by atoms with Crippen LogP contribution in [0.1, 0.15) is 37.8 Å². The zero-order chi connectivity index (χ0) is 25.4. The lowest BCUT2D eigenvalue weighted by Gasteiger charge is -2.32. The van der Waals surface area contributed by atoms with E-state index in [4.69, 9.17) is 9.47 Å². The maximum atomic E-state index is 12.7. The van der Waals surface area contributed by atoms with Gasteiger partial charge in [0.05, 0.1) is 25.7 Å². The van der Waals surface area contributed by atoms with Crippen molar-refractivity contribution in [3.63, 3.8) is 0 Å². The van der Waals surface area contributed by atoms with Gasteiger partial charge in [-0.3, -0.25) is 0 Å². The maximum Gasteiger partial charge on any atom is 0.573 e. The van der Waals surface area contributed by atoms with Gasteiger partial charge in [-0.25, -0.2) is 0 Å². The lowest BCUT2D eigenvalue weighted by Crippen LogP contribution is -2.32. The number of hydrogen-bond acceptors (Lipinski definition) is 5. The van der Waals surface area contributed by atoms with Crippen LogP contribution in [0.3, 0.4) is 0 Å². The Kier molecular flexibility index (Phi) is 9.63. The predicted molar refractivity (Wildman–Crippen MR) is 125 cm³/mol. The third-order valence-electron chi connectivity index (χ3n) is 6.07. The first-order chi connectivity index (χ1) is 16.0. The highest BCUT2D eigenvalue weighted by atomic mass is 19.4. The molecule has 2 aromatic rings. The average molecular weight is 479 g/mol. The van der Waals surface area contributed by atoms with Gasteiger partial charge in [0.25, 0.3) is 0 Å². The van der Waals surface area contributed by atoms with Crippen LogP contribution in [0, 0.1) is 17.2 Å². The molecule has 0 amide bonds. The fraction of sp³-hybridized carbons (Fsp3) is 0.500.